The van der Waals surface area contributed by atoms with Gasteiger partial charge in [0.15, 0.2) is 0 Å². The molecular formula is C13H26N2O. The Labute approximate surface area is 99.5 Å². The Kier molecular flexibility index (Phi) is 4.22. The lowest BCUT2D eigenvalue weighted by atomic mass is 9.82. The topological polar surface area (TPSA) is 24.5 Å². The van der Waals surface area contributed by atoms with Gasteiger partial charge in [0.2, 0.25) is 0 Å². The molecule has 0 spiro atoms. The van der Waals surface area contributed by atoms with Crippen LogP contribution in [0.3, 0.4) is 0 Å². The number of methoxy groups -OCH3 is 1. The molecule has 1 saturated heterocycles. The van der Waals surface area contributed by atoms with E-state index in [0.717, 1.165) is 18.5 Å². The minimum absolute atomic E-state index is 0.467. The zero-order valence-electron chi connectivity index (χ0n) is 10.9. The lowest BCUT2D eigenvalue weighted by Crippen LogP contribution is -2.51. The third-order valence-corrected chi connectivity index (χ3v) is 4.43. The van der Waals surface area contributed by atoms with Gasteiger partial charge in [-0.3, -0.25) is 4.90 Å². The monoisotopic (exact) mass is 226 g/mol. The number of hydrogen-bond acceptors (Lipinski definition) is 3. The molecule has 0 aromatic carbocycles. The van der Waals surface area contributed by atoms with Crippen LogP contribution in [0.4, 0.5) is 0 Å². The molecule has 2 fully saturated rings. The first kappa shape index (κ1) is 12.3. The summed E-state index contributed by atoms with van der Waals surface area (Å²) >= 11 is 0. The van der Waals surface area contributed by atoms with Gasteiger partial charge in [0.05, 0.1) is 6.10 Å². The summed E-state index contributed by atoms with van der Waals surface area (Å²) in [6.07, 6.45) is 5.73. The summed E-state index contributed by atoms with van der Waals surface area (Å²) in [5, 5.41) is 3.50. The van der Waals surface area contributed by atoms with Crippen molar-refractivity contribution in [2.24, 2.45) is 5.92 Å². The number of rotatable bonds is 3. The summed E-state index contributed by atoms with van der Waals surface area (Å²) in [7, 11) is 3.95. The average Bonchev–Trinajstić information content (AvgIpc) is 2.77. The number of nitrogens with one attached hydrogen (secondary N) is 1. The van der Waals surface area contributed by atoms with E-state index in [1.165, 1.54) is 32.2 Å². The van der Waals surface area contributed by atoms with Crippen LogP contribution in [0.5, 0.6) is 0 Å². The number of nitrogens with zero attached hydrogens (tertiary/aromatic N) is 1. The van der Waals surface area contributed by atoms with E-state index in [1.807, 2.05) is 7.11 Å². The Hall–Kier alpha value is -0.120. The second-order valence-corrected chi connectivity index (χ2v) is 5.52. The van der Waals surface area contributed by atoms with Crippen molar-refractivity contribution < 1.29 is 4.74 Å². The maximum absolute atomic E-state index is 5.47. The fraction of sp³-hybridized carbons (Fsp3) is 1.00. The predicted octanol–water partition coefficient (Wildman–Crippen LogP) is 1.48. The Balaban J connectivity index is 1.95. The number of likely N-dealkylation sites (tertiary alicyclic amines) is 1. The predicted molar refractivity (Wildman–Crippen MR) is 66.6 cm³/mol. The summed E-state index contributed by atoms with van der Waals surface area (Å²) in [6, 6.07) is 1.42. The van der Waals surface area contributed by atoms with Crippen molar-refractivity contribution in [3.63, 3.8) is 0 Å². The average molecular weight is 226 g/mol. The SMILES string of the molecule is CNC1CCC(C)CC1N1CCC(OC)C1. The molecule has 3 nitrogen and oxygen atoms in total. The molecule has 1 saturated carbocycles. The van der Waals surface area contributed by atoms with Crippen LogP contribution in [0, 0.1) is 5.92 Å². The molecule has 0 amide bonds. The fourth-order valence-electron chi connectivity index (χ4n) is 3.34. The maximum Gasteiger partial charge on any atom is 0.0710 e. The van der Waals surface area contributed by atoms with Crippen LogP contribution in [0.2, 0.25) is 0 Å². The summed E-state index contributed by atoms with van der Waals surface area (Å²) in [4.78, 5) is 2.64. The lowest BCUT2D eigenvalue weighted by Gasteiger charge is -2.40. The standard InChI is InChI=1S/C13H26N2O/c1-10-4-5-12(14-2)13(8-10)15-7-6-11(9-15)16-3/h10-14H,4-9H2,1-3H3. The molecule has 1 N–H and O–H groups in total. The molecule has 1 aliphatic carbocycles. The van der Waals surface area contributed by atoms with E-state index >= 15 is 0 Å². The van der Waals surface area contributed by atoms with Gasteiger partial charge < -0.3 is 10.1 Å². The van der Waals surface area contributed by atoms with Crippen molar-refractivity contribution in [3.8, 4) is 0 Å². The fourth-order valence-corrected chi connectivity index (χ4v) is 3.34. The number of ether oxygens (including phenoxy) is 1. The zero-order valence-corrected chi connectivity index (χ0v) is 10.9. The van der Waals surface area contributed by atoms with E-state index in [2.05, 4.69) is 24.2 Å². The first-order valence-electron chi connectivity index (χ1n) is 6.68. The van der Waals surface area contributed by atoms with Gasteiger partial charge >= 0.3 is 0 Å². The highest BCUT2D eigenvalue weighted by Gasteiger charge is 2.35. The highest BCUT2D eigenvalue weighted by molar-refractivity contribution is 4.92. The largest absolute Gasteiger partial charge is 0.380 e. The molecule has 4 atom stereocenters. The second-order valence-electron chi connectivity index (χ2n) is 5.52. The molecule has 2 aliphatic rings. The molecule has 0 aromatic heterocycles. The van der Waals surface area contributed by atoms with Gasteiger partial charge in [-0.1, -0.05) is 6.92 Å². The van der Waals surface area contributed by atoms with Gasteiger partial charge in [0.1, 0.15) is 0 Å². The van der Waals surface area contributed by atoms with Crippen molar-refractivity contribution in [3.05, 3.63) is 0 Å². The van der Waals surface area contributed by atoms with Crippen LogP contribution in [-0.4, -0.2) is 50.3 Å². The molecule has 4 unspecified atom stereocenters. The molecule has 16 heavy (non-hydrogen) atoms. The number of likely N-dealkylation sites (N-methyl/N-ethyl adjacent to an activating group) is 1. The van der Waals surface area contributed by atoms with Gasteiger partial charge in [-0.05, 0) is 38.6 Å². The van der Waals surface area contributed by atoms with Crippen molar-refractivity contribution in [2.45, 2.75) is 50.8 Å². The molecular weight excluding hydrogens is 200 g/mol. The summed E-state index contributed by atoms with van der Waals surface area (Å²) in [6.45, 7) is 4.74. The Morgan fingerprint density at radius 2 is 2.06 bits per heavy atom. The van der Waals surface area contributed by atoms with E-state index in [-0.39, 0.29) is 0 Å². The van der Waals surface area contributed by atoms with E-state index < -0.39 is 0 Å². The van der Waals surface area contributed by atoms with E-state index in [0.29, 0.717) is 12.1 Å². The van der Waals surface area contributed by atoms with E-state index in [9.17, 15) is 0 Å². The molecule has 0 radical (unpaired) electrons. The first-order chi connectivity index (χ1) is 7.74. The molecule has 1 aliphatic heterocycles. The minimum atomic E-state index is 0.467. The van der Waals surface area contributed by atoms with E-state index in [1.54, 1.807) is 0 Å². The molecule has 0 bridgehead atoms. The van der Waals surface area contributed by atoms with Crippen LogP contribution >= 0.6 is 0 Å². The molecule has 1 heterocycles. The van der Waals surface area contributed by atoms with Gasteiger partial charge in [-0.15, -0.1) is 0 Å². The number of hydrogen-bond donors (Lipinski definition) is 1. The van der Waals surface area contributed by atoms with Crippen molar-refractivity contribution in [1.82, 2.24) is 10.2 Å². The first-order valence-corrected chi connectivity index (χ1v) is 6.68. The molecule has 0 aromatic rings. The highest BCUT2D eigenvalue weighted by atomic mass is 16.5. The molecule has 2 rings (SSSR count). The van der Waals surface area contributed by atoms with Crippen molar-refractivity contribution in [2.75, 3.05) is 27.2 Å². The summed E-state index contributed by atoms with van der Waals surface area (Å²) in [5.41, 5.74) is 0. The third-order valence-electron chi connectivity index (χ3n) is 4.43. The van der Waals surface area contributed by atoms with Gasteiger partial charge in [-0.25, -0.2) is 0 Å². The molecule has 3 heteroatoms. The Morgan fingerprint density at radius 3 is 2.69 bits per heavy atom. The van der Waals surface area contributed by atoms with Gasteiger partial charge in [0, 0.05) is 32.3 Å². The van der Waals surface area contributed by atoms with Gasteiger partial charge in [-0.2, -0.15) is 0 Å². The summed E-state index contributed by atoms with van der Waals surface area (Å²) < 4.78 is 5.47. The van der Waals surface area contributed by atoms with Crippen LogP contribution in [-0.2, 0) is 4.74 Å². The zero-order chi connectivity index (χ0) is 11.5. The quantitative estimate of drug-likeness (QED) is 0.789. The second kappa shape index (κ2) is 5.48. The third kappa shape index (κ3) is 2.58. The smallest absolute Gasteiger partial charge is 0.0710 e. The van der Waals surface area contributed by atoms with Crippen LogP contribution in [0.25, 0.3) is 0 Å². The van der Waals surface area contributed by atoms with Crippen LogP contribution < -0.4 is 5.32 Å². The van der Waals surface area contributed by atoms with Crippen LogP contribution in [0.15, 0.2) is 0 Å². The normalized spacial score (nSPS) is 41.4. The van der Waals surface area contributed by atoms with Crippen LogP contribution in [0.1, 0.15) is 32.6 Å². The highest BCUT2D eigenvalue weighted by Crippen LogP contribution is 2.30. The summed E-state index contributed by atoms with van der Waals surface area (Å²) in [5.74, 6) is 0.885. The minimum Gasteiger partial charge on any atom is -0.380 e. The van der Waals surface area contributed by atoms with Gasteiger partial charge in [0.25, 0.3) is 0 Å². The Morgan fingerprint density at radius 1 is 1.25 bits per heavy atom. The maximum atomic E-state index is 5.47. The lowest BCUT2D eigenvalue weighted by molar-refractivity contribution is 0.0807. The van der Waals surface area contributed by atoms with Crippen molar-refractivity contribution >= 4 is 0 Å². The Bertz CT molecular complexity index is 222. The van der Waals surface area contributed by atoms with E-state index in [4.69, 9.17) is 4.74 Å². The molecule has 94 valence electrons. The van der Waals surface area contributed by atoms with Crippen molar-refractivity contribution in [1.29, 1.82) is 0 Å².